The standard InChI is InChI=1S/C8H14N2O2/c1-6(11)7-4-3-5-9-8(12)10(7)2/h7H,3-5H2,1-2H3,(H,9,12). The predicted molar refractivity (Wildman–Crippen MR) is 44.9 cm³/mol. The second-order valence-corrected chi connectivity index (χ2v) is 3.11. The molecule has 2 amide bonds. The Hall–Kier alpha value is -1.06. The molecule has 0 aliphatic carbocycles. The van der Waals surface area contributed by atoms with Crippen LogP contribution in [0.5, 0.6) is 0 Å². The van der Waals surface area contributed by atoms with Gasteiger partial charge >= 0.3 is 6.03 Å². The molecule has 0 radical (unpaired) electrons. The molecule has 0 bridgehead atoms. The molecular weight excluding hydrogens is 156 g/mol. The molecule has 68 valence electrons. The van der Waals surface area contributed by atoms with E-state index in [0.29, 0.717) is 6.54 Å². The molecule has 1 aliphatic rings. The first-order valence-electron chi connectivity index (χ1n) is 4.14. The van der Waals surface area contributed by atoms with E-state index in [2.05, 4.69) is 5.32 Å². The van der Waals surface area contributed by atoms with Crippen LogP contribution in [0.2, 0.25) is 0 Å². The van der Waals surface area contributed by atoms with E-state index in [-0.39, 0.29) is 17.9 Å². The molecule has 4 nitrogen and oxygen atoms in total. The van der Waals surface area contributed by atoms with Gasteiger partial charge in [0.2, 0.25) is 0 Å². The molecule has 0 spiro atoms. The Kier molecular flexibility index (Phi) is 2.68. The number of urea groups is 1. The summed E-state index contributed by atoms with van der Waals surface area (Å²) in [6.45, 7) is 2.20. The Bertz CT molecular complexity index is 203. The number of carbonyl (C=O) groups excluding carboxylic acids is 2. The number of rotatable bonds is 1. The lowest BCUT2D eigenvalue weighted by Crippen LogP contribution is -2.43. The van der Waals surface area contributed by atoms with Gasteiger partial charge in [-0.25, -0.2) is 4.79 Å². The number of likely N-dealkylation sites (N-methyl/N-ethyl adjacent to an activating group) is 1. The van der Waals surface area contributed by atoms with Crippen molar-refractivity contribution in [2.24, 2.45) is 0 Å². The van der Waals surface area contributed by atoms with E-state index >= 15 is 0 Å². The highest BCUT2D eigenvalue weighted by Gasteiger charge is 2.25. The lowest BCUT2D eigenvalue weighted by atomic mass is 10.1. The third-order valence-electron chi connectivity index (χ3n) is 2.19. The minimum atomic E-state index is -0.229. The van der Waals surface area contributed by atoms with Crippen LogP contribution in [0.3, 0.4) is 0 Å². The Morgan fingerprint density at radius 3 is 2.92 bits per heavy atom. The maximum absolute atomic E-state index is 11.2. The zero-order chi connectivity index (χ0) is 9.14. The molecule has 0 aromatic carbocycles. The number of hydrogen-bond donors (Lipinski definition) is 1. The molecule has 0 aromatic heterocycles. The lowest BCUT2D eigenvalue weighted by Gasteiger charge is -2.22. The highest BCUT2D eigenvalue weighted by Crippen LogP contribution is 2.09. The van der Waals surface area contributed by atoms with Crippen molar-refractivity contribution < 1.29 is 9.59 Å². The molecular formula is C8H14N2O2. The molecule has 1 heterocycles. The van der Waals surface area contributed by atoms with Crippen LogP contribution in [0.15, 0.2) is 0 Å². The number of amides is 2. The number of nitrogens with one attached hydrogen (secondary N) is 1. The number of ketones is 1. The fraction of sp³-hybridized carbons (Fsp3) is 0.750. The summed E-state index contributed by atoms with van der Waals surface area (Å²) in [4.78, 5) is 23.8. The van der Waals surface area contributed by atoms with Crippen molar-refractivity contribution in [2.75, 3.05) is 13.6 Å². The summed E-state index contributed by atoms with van der Waals surface area (Å²) < 4.78 is 0. The summed E-state index contributed by atoms with van der Waals surface area (Å²) >= 11 is 0. The van der Waals surface area contributed by atoms with Gasteiger partial charge in [-0.15, -0.1) is 0 Å². The number of nitrogens with zero attached hydrogens (tertiary/aromatic N) is 1. The zero-order valence-electron chi connectivity index (χ0n) is 7.46. The van der Waals surface area contributed by atoms with Crippen molar-refractivity contribution in [3.8, 4) is 0 Å². The average Bonchev–Trinajstić information content (AvgIpc) is 2.15. The quantitative estimate of drug-likeness (QED) is 0.618. The van der Waals surface area contributed by atoms with Gasteiger partial charge in [0.25, 0.3) is 0 Å². The second-order valence-electron chi connectivity index (χ2n) is 3.11. The van der Waals surface area contributed by atoms with Crippen LogP contribution in [-0.4, -0.2) is 36.3 Å². The topological polar surface area (TPSA) is 49.4 Å². The van der Waals surface area contributed by atoms with Crippen LogP contribution in [0.1, 0.15) is 19.8 Å². The summed E-state index contributed by atoms with van der Waals surface area (Å²) in [6.07, 6.45) is 1.64. The average molecular weight is 170 g/mol. The van der Waals surface area contributed by atoms with E-state index in [1.807, 2.05) is 0 Å². The second kappa shape index (κ2) is 3.56. The normalized spacial score (nSPS) is 24.7. The molecule has 1 fully saturated rings. The van der Waals surface area contributed by atoms with Crippen LogP contribution in [-0.2, 0) is 4.79 Å². The number of carbonyl (C=O) groups is 2. The molecule has 1 saturated heterocycles. The number of Topliss-reactive ketones (excluding diaryl/α,β-unsaturated/α-hetero) is 1. The van der Waals surface area contributed by atoms with Gasteiger partial charge in [-0.05, 0) is 19.8 Å². The molecule has 12 heavy (non-hydrogen) atoms. The SMILES string of the molecule is CC(=O)C1CCCNC(=O)N1C. The largest absolute Gasteiger partial charge is 0.338 e. The first kappa shape index (κ1) is 9.03. The van der Waals surface area contributed by atoms with Gasteiger partial charge < -0.3 is 10.2 Å². The van der Waals surface area contributed by atoms with E-state index < -0.39 is 0 Å². The molecule has 0 saturated carbocycles. The van der Waals surface area contributed by atoms with E-state index in [1.165, 1.54) is 11.8 Å². The predicted octanol–water partition coefficient (Wildman–Crippen LogP) is 0.379. The van der Waals surface area contributed by atoms with Crippen molar-refractivity contribution in [2.45, 2.75) is 25.8 Å². The van der Waals surface area contributed by atoms with Gasteiger partial charge in [0.15, 0.2) is 5.78 Å². The van der Waals surface area contributed by atoms with Crippen molar-refractivity contribution in [1.29, 1.82) is 0 Å². The molecule has 4 heteroatoms. The molecule has 1 atom stereocenters. The smallest absolute Gasteiger partial charge is 0.317 e. The van der Waals surface area contributed by atoms with Crippen molar-refractivity contribution in [3.05, 3.63) is 0 Å². The minimum absolute atomic E-state index is 0.0644. The van der Waals surface area contributed by atoms with Crippen LogP contribution in [0.4, 0.5) is 4.79 Å². The fourth-order valence-electron chi connectivity index (χ4n) is 1.43. The molecule has 1 aliphatic heterocycles. The highest BCUT2D eigenvalue weighted by atomic mass is 16.2. The van der Waals surface area contributed by atoms with Gasteiger partial charge in [-0.2, -0.15) is 0 Å². The third-order valence-corrected chi connectivity index (χ3v) is 2.19. The Balaban J connectivity index is 2.70. The minimum Gasteiger partial charge on any atom is -0.338 e. The van der Waals surface area contributed by atoms with Gasteiger partial charge in [0, 0.05) is 13.6 Å². The molecule has 0 aromatic rings. The Morgan fingerprint density at radius 2 is 2.33 bits per heavy atom. The van der Waals surface area contributed by atoms with Crippen molar-refractivity contribution >= 4 is 11.8 Å². The first-order chi connectivity index (χ1) is 5.63. The van der Waals surface area contributed by atoms with Gasteiger partial charge in [0.05, 0.1) is 6.04 Å². The van der Waals surface area contributed by atoms with E-state index in [4.69, 9.17) is 0 Å². The maximum atomic E-state index is 11.2. The third kappa shape index (κ3) is 1.75. The Morgan fingerprint density at radius 1 is 1.67 bits per heavy atom. The van der Waals surface area contributed by atoms with E-state index in [1.54, 1.807) is 7.05 Å². The van der Waals surface area contributed by atoms with Gasteiger partial charge in [0.1, 0.15) is 0 Å². The first-order valence-corrected chi connectivity index (χ1v) is 4.14. The monoisotopic (exact) mass is 170 g/mol. The Labute approximate surface area is 71.9 Å². The van der Waals surface area contributed by atoms with Crippen LogP contribution in [0.25, 0.3) is 0 Å². The lowest BCUT2D eigenvalue weighted by molar-refractivity contribution is -0.121. The maximum Gasteiger partial charge on any atom is 0.317 e. The van der Waals surface area contributed by atoms with Gasteiger partial charge in [-0.3, -0.25) is 4.79 Å². The highest BCUT2D eigenvalue weighted by molar-refractivity contribution is 5.87. The molecule has 1 N–H and O–H groups in total. The summed E-state index contributed by atoms with van der Waals surface area (Å²) in [5.74, 6) is 0.0644. The van der Waals surface area contributed by atoms with Gasteiger partial charge in [-0.1, -0.05) is 0 Å². The molecule has 1 rings (SSSR count). The summed E-state index contributed by atoms with van der Waals surface area (Å²) in [7, 11) is 1.66. The van der Waals surface area contributed by atoms with Crippen LogP contribution < -0.4 is 5.32 Å². The van der Waals surface area contributed by atoms with E-state index in [9.17, 15) is 9.59 Å². The summed E-state index contributed by atoms with van der Waals surface area (Å²) in [5.41, 5.74) is 0. The summed E-state index contributed by atoms with van der Waals surface area (Å²) in [6, 6.07) is -0.375. The zero-order valence-corrected chi connectivity index (χ0v) is 7.46. The summed E-state index contributed by atoms with van der Waals surface area (Å²) in [5, 5.41) is 2.71. The van der Waals surface area contributed by atoms with Crippen LogP contribution >= 0.6 is 0 Å². The van der Waals surface area contributed by atoms with Crippen molar-refractivity contribution in [1.82, 2.24) is 10.2 Å². The molecule has 1 unspecified atom stereocenters. The number of hydrogen-bond acceptors (Lipinski definition) is 2. The van der Waals surface area contributed by atoms with Crippen LogP contribution in [0, 0.1) is 0 Å². The van der Waals surface area contributed by atoms with Crippen molar-refractivity contribution in [3.63, 3.8) is 0 Å². The van der Waals surface area contributed by atoms with E-state index in [0.717, 1.165) is 12.8 Å². The fourth-order valence-corrected chi connectivity index (χ4v) is 1.43.